The summed E-state index contributed by atoms with van der Waals surface area (Å²) in [5.41, 5.74) is 1.67. The van der Waals surface area contributed by atoms with Crippen LogP contribution < -0.4 is 4.74 Å². The van der Waals surface area contributed by atoms with Gasteiger partial charge in [-0.3, -0.25) is 4.79 Å². The van der Waals surface area contributed by atoms with Gasteiger partial charge in [0.25, 0.3) is 5.91 Å². The Bertz CT molecular complexity index is 919. The predicted molar refractivity (Wildman–Crippen MR) is 105 cm³/mol. The molecule has 1 unspecified atom stereocenters. The van der Waals surface area contributed by atoms with Gasteiger partial charge in [-0.05, 0) is 30.5 Å². The fraction of sp³-hybridized carbons (Fsp3) is 0.250. The highest BCUT2D eigenvalue weighted by Gasteiger charge is 2.29. The molecule has 0 radical (unpaired) electrons. The molecule has 142 valence electrons. The Hall–Kier alpha value is -3.24. The molecule has 0 fully saturated rings. The molecule has 1 aromatic carbocycles. The molecular formula is C20H18ClN5O2. The summed E-state index contributed by atoms with van der Waals surface area (Å²) < 4.78 is 5.47. The standard InChI is InChI=1S/C20H18ClN5O2/c1-14(3-2-10-28-19-13-23-17(11-22)12-24-19)20(27)26-18(8-9-25-26)15-4-6-16(21)7-5-15/h4-7,9,12-13,18H,1-3,8,10H2. The van der Waals surface area contributed by atoms with Gasteiger partial charge in [-0.2, -0.15) is 10.4 Å². The van der Waals surface area contributed by atoms with Crippen LogP contribution in [0.25, 0.3) is 0 Å². The number of amides is 1. The summed E-state index contributed by atoms with van der Waals surface area (Å²) in [6, 6.07) is 9.15. The van der Waals surface area contributed by atoms with Crippen molar-refractivity contribution in [3.8, 4) is 11.9 Å². The van der Waals surface area contributed by atoms with Crippen LogP contribution in [0.15, 0.2) is 53.9 Å². The van der Waals surface area contributed by atoms with E-state index < -0.39 is 0 Å². The number of aromatic nitrogens is 2. The number of hydrazone groups is 1. The van der Waals surface area contributed by atoms with Gasteiger partial charge in [-0.25, -0.2) is 15.0 Å². The first-order chi connectivity index (χ1) is 13.6. The van der Waals surface area contributed by atoms with Gasteiger partial charge < -0.3 is 4.74 Å². The first-order valence-electron chi connectivity index (χ1n) is 8.72. The molecule has 0 saturated carbocycles. The molecule has 1 aliphatic rings. The summed E-state index contributed by atoms with van der Waals surface area (Å²) in [5.74, 6) is 0.134. The molecule has 1 aromatic heterocycles. The fourth-order valence-corrected chi connectivity index (χ4v) is 2.88. The van der Waals surface area contributed by atoms with Gasteiger partial charge in [-0.1, -0.05) is 30.3 Å². The third kappa shape index (κ3) is 4.72. The van der Waals surface area contributed by atoms with E-state index in [1.807, 2.05) is 18.2 Å². The molecule has 28 heavy (non-hydrogen) atoms. The molecule has 1 atom stereocenters. The van der Waals surface area contributed by atoms with Crippen molar-refractivity contribution in [1.29, 1.82) is 5.26 Å². The summed E-state index contributed by atoms with van der Waals surface area (Å²) in [5, 5.41) is 15.0. The highest BCUT2D eigenvalue weighted by molar-refractivity contribution is 6.30. The van der Waals surface area contributed by atoms with Crippen molar-refractivity contribution < 1.29 is 9.53 Å². The number of benzene rings is 1. The van der Waals surface area contributed by atoms with Crippen LogP contribution in [0.3, 0.4) is 0 Å². The Kier molecular flexibility index (Phi) is 6.35. The van der Waals surface area contributed by atoms with Gasteiger partial charge in [0.05, 0.1) is 25.0 Å². The van der Waals surface area contributed by atoms with E-state index in [9.17, 15) is 4.79 Å². The molecule has 0 spiro atoms. The zero-order chi connectivity index (χ0) is 19.9. The second-order valence-corrected chi connectivity index (χ2v) is 6.59. The van der Waals surface area contributed by atoms with E-state index in [0.29, 0.717) is 42.3 Å². The van der Waals surface area contributed by atoms with Crippen LogP contribution in [-0.2, 0) is 4.79 Å². The number of nitrogens with zero attached hydrogens (tertiary/aromatic N) is 5. The number of hydrogen-bond acceptors (Lipinski definition) is 6. The minimum atomic E-state index is -0.202. The van der Waals surface area contributed by atoms with Crippen LogP contribution >= 0.6 is 11.6 Å². The van der Waals surface area contributed by atoms with Crippen molar-refractivity contribution in [3.63, 3.8) is 0 Å². The monoisotopic (exact) mass is 395 g/mol. The first-order valence-corrected chi connectivity index (χ1v) is 9.10. The van der Waals surface area contributed by atoms with Gasteiger partial charge >= 0.3 is 0 Å². The molecule has 1 amide bonds. The summed E-state index contributed by atoms with van der Waals surface area (Å²) in [6.45, 7) is 4.26. The number of carbonyl (C=O) groups excluding carboxylic acids is 1. The quantitative estimate of drug-likeness (QED) is 0.526. The van der Waals surface area contributed by atoms with Crippen molar-refractivity contribution in [2.45, 2.75) is 25.3 Å². The average molecular weight is 396 g/mol. The predicted octanol–water partition coefficient (Wildman–Crippen LogP) is 3.68. The Morgan fingerprint density at radius 3 is 2.79 bits per heavy atom. The normalized spacial score (nSPS) is 15.3. The molecule has 0 N–H and O–H groups in total. The zero-order valence-electron chi connectivity index (χ0n) is 15.1. The van der Waals surface area contributed by atoms with Gasteiger partial charge in [-0.15, -0.1) is 0 Å². The molecule has 3 rings (SSSR count). The highest BCUT2D eigenvalue weighted by Crippen LogP contribution is 2.30. The lowest BCUT2D eigenvalue weighted by Crippen LogP contribution is -2.28. The molecule has 8 heteroatoms. The Morgan fingerprint density at radius 1 is 1.32 bits per heavy atom. The lowest BCUT2D eigenvalue weighted by atomic mass is 10.0. The van der Waals surface area contributed by atoms with Crippen LogP contribution in [0, 0.1) is 11.3 Å². The van der Waals surface area contributed by atoms with Crippen LogP contribution in [0.1, 0.15) is 36.6 Å². The van der Waals surface area contributed by atoms with Crippen LogP contribution in [-0.4, -0.2) is 33.7 Å². The van der Waals surface area contributed by atoms with Crippen LogP contribution in [0.5, 0.6) is 5.88 Å². The van der Waals surface area contributed by atoms with Gasteiger partial charge in [0, 0.05) is 23.2 Å². The molecule has 1 aliphatic heterocycles. The first kappa shape index (κ1) is 19.5. The number of carbonyl (C=O) groups is 1. The largest absolute Gasteiger partial charge is 0.477 e. The van der Waals surface area contributed by atoms with Gasteiger partial charge in [0.15, 0.2) is 5.69 Å². The number of hydrogen-bond donors (Lipinski definition) is 0. The van der Waals surface area contributed by atoms with Crippen LogP contribution in [0.4, 0.5) is 0 Å². The third-order valence-corrected chi connectivity index (χ3v) is 4.46. The summed E-state index contributed by atoms with van der Waals surface area (Å²) in [4.78, 5) is 20.6. The minimum absolute atomic E-state index is 0.147. The minimum Gasteiger partial charge on any atom is -0.477 e. The number of halogens is 1. The third-order valence-electron chi connectivity index (χ3n) is 4.21. The van der Waals surface area contributed by atoms with Gasteiger partial charge in [0.1, 0.15) is 6.07 Å². The van der Waals surface area contributed by atoms with Crippen molar-refractivity contribution in [2.24, 2.45) is 5.10 Å². The van der Waals surface area contributed by atoms with E-state index in [4.69, 9.17) is 21.6 Å². The molecule has 0 aliphatic carbocycles. The SMILES string of the molecule is C=C(CCCOc1cnc(C#N)cn1)C(=O)N1N=CCC1c1ccc(Cl)cc1. The molecule has 7 nitrogen and oxygen atoms in total. The summed E-state index contributed by atoms with van der Waals surface area (Å²) in [6.07, 6.45) is 6.20. The van der Waals surface area contributed by atoms with Crippen LogP contribution in [0.2, 0.25) is 5.02 Å². The van der Waals surface area contributed by atoms with E-state index in [1.54, 1.807) is 18.3 Å². The van der Waals surface area contributed by atoms with E-state index in [0.717, 1.165) is 5.56 Å². The van der Waals surface area contributed by atoms with Crippen molar-refractivity contribution in [2.75, 3.05) is 6.61 Å². The smallest absolute Gasteiger partial charge is 0.269 e. The van der Waals surface area contributed by atoms with Crippen molar-refractivity contribution in [3.05, 3.63) is 65.1 Å². The molecule has 0 bridgehead atoms. The number of ether oxygens (including phenoxy) is 1. The second kappa shape index (κ2) is 9.11. The van der Waals surface area contributed by atoms with Gasteiger partial charge in [0.2, 0.25) is 5.88 Å². The molecular weight excluding hydrogens is 378 g/mol. The fourth-order valence-electron chi connectivity index (χ4n) is 2.75. The summed E-state index contributed by atoms with van der Waals surface area (Å²) >= 11 is 5.94. The Morgan fingerprint density at radius 2 is 2.11 bits per heavy atom. The molecule has 0 saturated heterocycles. The molecule has 2 heterocycles. The maximum atomic E-state index is 12.7. The lowest BCUT2D eigenvalue weighted by Gasteiger charge is -2.23. The van der Waals surface area contributed by atoms with Crippen molar-refractivity contribution in [1.82, 2.24) is 15.0 Å². The van der Waals surface area contributed by atoms with Crippen molar-refractivity contribution >= 4 is 23.7 Å². The number of nitriles is 1. The second-order valence-electron chi connectivity index (χ2n) is 6.16. The van der Waals surface area contributed by atoms with E-state index in [1.165, 1.54) is 17.4 Å². The Balaban J connectivity index is 1.49. The highest BCUT2D eigenvalue weighted by atomic mass is 35.5. The van der Waals surface area contributed by atoms with E-state index in [-0.39, 0.29) is 17.6 Å². The molecule has 2 aromatic rings. The maximum absolute atomic E-state index is 12.7. The van der Waals surface area contributed by atoms with E-state index in [2.05, 4.69) is 21.6 Å². The maximum Gasteiger partial charge on any atom is 0.269 e. The topological polar surface area (TPSA) is 91.5 Å². The Labute approximate surface area is 167 Å². The summed E-state index contributed by atoms with van der Waals surface area (Å²) in [7, 11) is 0. The lowest BCUT2D eigenvalue weighted by molar-refractivity contribution is -0.129. The number of rotatable bonds is 7. The van der Waals surface area contributed by atoms with E-state index >= 15 is 0 Å². The zero-order valence-corrected chi connectivity index (χ0v) is 15.8. The average Bonchev–Trinajstić information content (AvgIpc) is 3.21.